The van der Waals surface area contributed by atoms with E-state index in [1.165, 1.54) is 10.9 Å². The minimum absolute atomic E-state index is 0.0854. The van der Waals surface area contributed by atoms with Crippen molar-refractivity contribution in [1.29, 1.82) is 0 Å². The monoisotopic (exact) mass is 383 g/mol. The molecule has 6 heteroatoms. The molecule has 1 aromatic heterocycles. The van der Waals surface area contributed by atoms with E-state index in [1.54, 1.807) is 0 Å². The largest absolute Gasteiger partial charge is 0.361 e. The number of benzene rings is 1. The first-order chi connectivity index (χ1) is 13.6. The van der Waals surface area contributed by atoms with Crippen LogP contribution in [0.2, 0.25) is 0 Å². The number of aromatic nitrogens is 1. The number of H-pyrrole nitrogens is 1. The van der Waals surface area contributed by atoms with Gasteiger partial charge in [-0.05, 0) is 62.4 Å². The van der Waals surface area contributed by atoms with Crippen LogP contribution in [-0.2, 0) is 6.54 Å². The Hall–Kier alpha value is -2.05. The summed E-state index contributed by atoms with van der Waals surface area (Å²) in [6, 6.07) is 9.49. The van der Waals surface area contributed by atoms with Gasteiger partial charge in [0.25, 0.3) is 0 Å². The van der Waals surface area contributed by atoms with Crippen LogP contribution in [0.25, 0.3) is 10.9 Å². The van der Waals surface area contributed by atoms with Crippen molar-refractivity contribution < 1.29 is 4.79 Å². The van der Waals surface area contributed by atoms with Gasteiger partial charge in [-0.2, -0.15) is 0 Å². The molecule has 2 heterocycles. The lowest BCUT2D eigenvalue weighted by molar-refractivity contribution is 0.114. The molecule has 2 fully saturated rings. The van der Waals surface area contributed by atoms with E-state index >= 15 is 0 Å². The Balaban J connectivity index is 1.28. The number of nitrogens with one attached hydrogen (secondary N) is 2. The van der Waals surface area contributed by atoms with Gasteiger partial charge in [-0.15, -0.1) is 0 Å². The second-order valence-corrected chi connectivity index (χ2v) is 8.47. The topological polar surface area (TPSA) is 54.6 Å². The Morgan fingerprint density at radius 3 is 2.79 bits per heavy atom. The molecule has 1 atom stereocenters. The number of likely N-dealkylation sites (N-methyl/N-ethyl adjacent to an activating group) is 1. The maximum atomic E-state index is 12.8. The fourth-order valence-corrected chi connectivity index (χ4v) is 4.09. The summed E-state index contributed by atoms with van der Waals surface area (Å²) in [5.74, 6) is 0. The van der Waals surface area contributed by atoms with Crippen molar-refractivity contribution in [3.8, 4) is 0 Å². The quantitative estimate of drug-likeness (QED) is 0.773. The number of carbonyl (C=O) groups is 1. The van der Waals surface area contributed by atoms with Gasteiger partial charge in [-0.25, -0.2) is 4.79 Å². The van der Waals surface area contributed by atoms with Crippen LogP contribution in [0.5, 0.6) is 0 Å². The van der Waals surface area contributed by atoms with E-state index in [9.17, 15) is 4.79 Å². The second-order valence-electron chi connectivity index (χ2n) is 8.47. The molecule has 1 aliphatic heterocycles. The average Bonchev–Trinajstić information content (AvgIpc) is 3.43. The summed E-state index contributed by atoms with van der Waals surface area (Å²) in [7, 11) is 2.18. The molecule has 2 aromatic rings. The highest BCUT2D eigenvalue weighted by Gasteiger charge is 2.32. The summed E-state index contributed by atoms with van der Waals surface area (Å²) in [5.41, 5.74) is 2.34. The molecule has 1 saturated heterocycles. The number of urea groups is 1. The third-order valence-corrected chi connectivity index (χ3v) is 6.22. The molecule has 0 bridgehead atoms. The molecule has 6 nitrogen and oxygen atoms in total. The number of carbonyl (C=O) groups excluding carboxylic acids is 1. The zero-order chi connectivity index (χ0) is 19.5. The lowest BCUT2D eigenvalue weighted by Gasteiger charge is -2.36. The smallest absolute Gasteiger partial charge is 0.317 e. The van der Waals surface area contributed by atoms with E-state index in [0.29, 0.717) is 18.6 Å². The molecule has 0 unspecified atom stereocenters. The number of aromatic amines is 1. The predicted octanol–water partition coefficient (Wildman–Crippen LogP) is 2.87. The van der Waals surface area contributed by atoms with Crippen LogP contribution < -0.4 is 5.32 Å². The molecular weight excluding hydrogens is 350 g/mol. The molecule has 0 spiro atoms. The van der Waals surface area contributed by atoms with Crippen LogP contribution in [0.1, 0.15) is 31.7 Å². The van der Waals surface area contributed by atoms with Gasteiger partial charge in [-0.3, -0.25) is 4.90 Å². The van der Waals surface area contributed by atoms with E-state index in [2.05, 4.69) is 58.3 Å². The van der Waals surface area contributed by atoms with E-state index in [0.717, 1.165) is 57.5 Å². The number of hydrogen-bond donors (Lipinski definition) is 2. The molecule has 1 aliphatic carbocycles. The predicted molar refractivity (Wildman–Crippen MR) is 113 cm³/mol. The number of nitrogens with zero attached hydrogens (tertiary/aromatic N) is 3. The molecule has 4 rings (SSSR count). The summed E-state index contributed by atoms with van der Waals surface area (Å²) >= 11 is 0. The zero-order valence-corrected chi connectivity index (χ0v) is 17.2. The number of amides is 2. The van der Waals surface area contributed by atoms with E-state index in [1.807, 2.05) is 11.1 Å². The summed E-state index contributed by atoms with van der Waals surface area (Å²) in [6.45, 7) is 8.23. The van der Waals surface area contributed by atoms with Gasteiger partial charge in [0.2, 0.25) is 0 Å². The fourth-order valence-electron chi connectivity index (χ4n) is 4.09. The third-order valence-electron chi connectivity index (χ3n) is 6.22. The fraction of sp³-hybridized carbons (Fsp3) is 0.591. The lowest BCUT2D eigenvalue weighted by atomic mass is 10.1. The first-order valence-corrected chi connectivity index (χ1v) is 10.6. The normalized spacial score (nSPS) is 19.6. The maximum absolute atomic E-state index is 12.8. The Bertz CT molecular complexity index is 791. The van der Waals surface area contributed by atoms with Crippen LogP contribution in [0.3, 0.4) is 0 Å². The van der Waals surface area contributed by atoms with Crippen molar-refractivity contribution in [2.45, 2.75) is 44.8 Å². The average molecular weight is 384 g/mol. The van der Waals surface area contributed by atoms with Crippen LogP contribution in [0, 0.1) is 0 Å². The minimum Gasteiger partial charge on any atom is -0.361 e. The molecule has 2 amide bonds. The number of piperazine rings is 1. The van der Waals surface area contributed by atoms with Crippen molar-refractivity contribution in [1.82, 2.24) is 25.0 Å². The van der Waals surface area contributed by atoms with Gasteiger partial charge < -0.3 is 20.1 Å². The van der Waals surface area contributed by atoms with E-state index < -0.39 is 0 Å². The van der Waals surface area contributed by atoms with Gasteiger partial charge in [0.15, 0.2) is 0 Å². The van der Waals surface area contributed by atoms with Gasteiger partial charge >= 0.3 is 6.03 Å². The molecule has 152 valence electrons. The number of rotatable bonds is 7. The van der Waals surface area contributed by atoms with Crippen LogP contribution in [-0.4, -0.2) is 77.6 Å². The third kappa shape index (κ3) is 4.67. The van der Waals surface area contributed by atoms with Crippen LogP contribution in [0.4, 0.5) is 4.79 Å². The van der Waals surface area contributed by atoms with Gasteiger partial charge in [0.05, 0.1) is 0 Å². The SMILES string of the molecule is C[C@@H](CCNC(=O)N(Cc1ccc2[nH]ccc2c1)C1CC1)N1CCN(C)CC1. The Morgan fingerprint density at radius 2 is 2.04 bits per heavy atom. The van der Waals surface area contributed by atoms with Crippen molar-refractivity contribution in [2.24, 2.45) is 0 Å². The molecule has 2 N–H and O–H groups in total. The molecule has 0 radical (unpaired) electrons. The van der Waals surface area contributed by atoms with Crippen molar-refractivity contribution >= 4 is 16.9 Å². The molecule has 1 aromatic carbocycles. The highest BCUT2D eigenvalue weighted by atomic mass is 16.2. The maximum Gasteiger partial charge on any atom is 0.317 e. The second kappa shape index (κ2) is 8.53. The summed E-state index contributed by atoms with van der Waals surface area (Å²) < 4.78 is 0. The van der Waals surface area contributed by atoms with Crippen LogP contribution in [0.15, 0.2) is 30.5 Å². The Labute approximate surface area is 167 Å². The molecular formula is C22H33N5O. The molecule has 28 heavy (non-hydrogen) atoms. The van der Waals surface area contributed by atoms with E-state index in [-0.39, 0.29) is 6.03 Å². The standard InChI is InChI=1S/C22H33N5O/c1-17(26-13-11-25(2)12-14-26)7-9-24-22(28)27(20-4-5-20)16-18-3-6-21-19(15-18)8-10-23-21/h3,6,8,10,15,17,20,23H,4-5,7,9,11-14,16H2,1-2H3,(H,24,28)/t17-/m0/s1. The molecule has 1 saturated carbocycles. The van der Waals surface area contributed by atoms with Crippen LogP contribution >= 0.6 is 0 Å². The minimum atomic E-state index is 0.0854. The highest BCUT2D eigenvalue weighted by molar-refractivity contribution is 5.80. The van der Waals surface area contributed by atoms with Crippen molar-refractivity contribution in [2.75, 3.05) is 39.8 Å². The van der Waals surface area contributed by atoms with E-state index in [4.69, 9.17) is 0 Å². The zero-order valence-electron chi connectivity index (χ0n) is 17.2. The van der Waals surface area contributed by atoms with Gasteiger partial charge in [0, 0.05) is 63.1 Å². The van der Waals surface area contributed by atoms with Crippen molar-refractivity contribution in [3.05, 3.63) is 36.0 Å². The Morgan fingerprint density at radius 1 is 1.25 bits per heavy atom. The number of hydrogen-bond acceptors (Lipinski definition) is 3. The highest BCUT2D eigenvalue weighted by Crippen LogP contribution is 2.29. The number of fused-ring (bicyclic) bond motifs is 1. The summed E-state index contributed by atoms with van der Waals surface area (Å²) in [4.78, 5) is 23.0. The molecule has 2 aliphatic rings. The summed E-state index contributed by atoms with van der Waals surface area (Å²) in [5, 5.41) is 4.38. The lowest BCUT2D eigenvalue weighted by Crippen LogP contribution is -2.49. The Kier molecular flexibility index (Phi) is 5.87. The summed E-state index contributed by atoms with van der Waals surface area (Å²) in [6.07, 6.45) is 5.21. The van der Waals surface area contributed by atoms with Crippen molar-refractivity contribution in [3.63, 3.8) is 0 Å². The van der Waals surface area contributed by atoms with Gasteiger partial charge in [0.1, 0.15) is 0 Å². The first kappa shape index (κ1) is 19.3. The van der Waals surface area contributed by atoms with Gasteiger partial charge in [-0.1, -0.05) is 6.07 Å². The first-order valence-electron chi connectivity index (χ1n) is 10.6.